The molecule has 2 N–H and O–H groups in total. The van der Waals surface area contributed by atoms with Crippen molar-refractivity contribution >= 4 is 29.1 Å². The summed E-state index contributed by atoms with van der Waals surface area (Å²) in [5.74, 6) is 1.72. The van der Waals surface area contributed by atoms with E-state index < -0.39 is 0 Å². The summed E-state index contributed by atoms with van der Waals surface area (Å²) in [4.78, 5) is 13.2. The van der Waals surface area contributed by atoms with Crippen molar-refractivity contribution in [2.75, 3.05) is 13.6 Å². The van der Waals surface area contributed by atoms with E-state index in [-0.39, 0.29) is 11.9 Å². The highest BCUT2D eigenvalue weighted by atomic mass is 35.5. The Hall–Kier alpha value is -1.49. The molecular formula is C17H21Cl2N2O2+. The summed E-state index contributed by atoms with van der Waals surface area (Å²) in [6.45, 7) is 4.83. The van der Waals surface area contributed by atoms with Gasteiger partial charge in [0.1, 0.15) is 12.3 Å². The van der Waals surface area contributed by atoms with Crippen LogP contribution in [0.4, 0.5) is 0 Å². The first-order chi connectivity index (χ1) is 10.8. The predicted octanol–water partition coefficient (Wildman–Crippen LogP) is 2.79. The van der Waals surface area contributed by atoms with Gasteiger partial charge in [0.2, 0.25) is 0 Å². The molecule has 0 aliphatic heterocycles. The van der Waals surface area contributed by atoms with Crippen LogP contribution in [0.2, 0.25) is 10.0 Å². The zero-order chi connectivity index (χ0) is 17.0. The maximum atomic E-state index is 12.2. The highest BCUT2D eigenvalue weighted by molar-refractivity contribution is 6.35. The van der Waals surface area contributed by atoms with Crippen molar-refractivity contribution in [3.63, 3.8) is 0 Å². The predicted molar refractivity (Wildman–Crippen MR) is 91.9 cm³/mol. The van der Waals surface area contributed by atoms with Gasteiger partial charge >= 0.3 is 0 Å². The van der Waals surface area contributed by atoms with E-state index >= 15 is 0 Å². The number of quaternary nitrogens is 1. The Morgan fingerprint density at radius 1 is 1.30 bits per heavy atom. The Kier molecular flexibility index (Phi) is 6.10. The van der Waals surface area contributed by atoms with Crippen LogP contribution in [0.3, 0.4) is 0 Å². The maximum Gasteiger partial charge on any atom is 0.275 e. The number of likely N-dealkylation sites (N-methyl/N-ethyl adjacent to an activating group) is 1. The van der Waals surface area contributed by atoms with Crippen molar-refractivity contribution in [3.8, 4) is 0 Å². The Morgan fingerprint density at radius 2 is 2.04 bits per heavy atom. The molecule has 0 radical (unpaired) electrons. The quantitative estimate of drug-likeness (QED) is 0.836. The minimum atomic E-state index is -0.175. The van der Waals surface area contributed by atoms with Gasteiger partial charge in [-0.05, 0) is 43.7 Å². The molecule has 1 aromatic heterocycles. The third-order valence-corrected chi connectivity index (χ3v) is 4.10. The van der Waals surface area contributed by atoms with Crippen LogP contribution in [-0.2, 0) is 11.3 Å². The molecule has 0 saturated heterocycles. The maximum absolute atomic E-state index is 12.2. The number of aryl methyl sites for hydroxylation is 1. The summed E-state index contributed by atoms with van der Waals surface area (Å²) in [5, 5.41) is 4.09. The van der Waals surface area contributed by atoms with Gasteiger partial charge in [-0.1, -0.05) is 29.3 Å². The SMILES string of the molecule is Cc1ccc(C[NH+](C)CC(=O)N[C@H](C)c2ccc(Cl)cc2Cl)o1. The second-order valence-electron chi connectivity index (χ2n) is 5.78. The molecule has 0 aliphatic rings. The van der Waals surface area contributed by atoms with Crippen LogP contribution in [0.15, 0.2) is 34.7 Å². The first kappa shape index (κ1) is 17.9. The van der Waals surface area contributed by atoms with Crippen LogP contribution < -0.4 is 10.2 Å². The summed E-state index contributed by atoms with van der Waals surface area (Å²) in [6.07, 6.45) is 0. The van der Waals surface area contributed by atoms with Gasteiger partial charge in [0.05, 0.1) is 13.1 Å². The van der Waals surface area contributed by atoms with Gasteiger partial charge in [0.25, 0.3) is 5.91 Å². The number of nitrogens with one attached hydrogen (secondary N) is 2. The summed E-state index contributed by atoms with van der Waals surface area (Å²) >= 11 is 12.1. The zero-order valence-corrected chi connectivity index (χ0v) is 15.0. The van der Waals surface area contributed by atoms with Crippen LogP contribution in [0.5, 0.6) is 0 Å². The number of rotatable bonds is 6. The molecule has 4 nitrogen and oxygen atoms in total. The Balaban J connectivity index is 1.88. The second-order valence-corrected chi connectivity index (χ2v) is 6.62. The van der Waals surface area contributed by atoms with Gasteiger partial charge in [0.15, 0.2) is 12.3 Å². The van der Waals surface area contributed by atoms with E-state index in [9.17, 15) is 4.79 Å². The van der Waals surface area contributed by atoms with E-state index in [1.807, 2.05) is 39.1 Å². The lowest BCUT2D eigenvalue weighted by Crippen LogP contribution is -3.08. The fourth-order valence-corrected chi connectivity index (χ4v) is 3.01. The number of hydrogen-bond acceptors (Lipinski definition) is 2. The molecule has 23 heavy (non-hydrogen) atoms. The molecule has 0 bridgehead atoms. The number of carbonyl (C=O) groups is 1. The number of benzene rings is 1. The fraction of sp³-hybridized carbons (Fsp3) is 0.353. The van der Waals surface area contributed by atoms with Crippen molar-refractivity contribution in [1.29, 1.82) is 0 Å². The van der Waals surface area contributed by atoms with Crippen LogP contribution >= 0.6 is 23.2 Å². The topological polar surface area (TPSA) is 46.7 Å². The first-order valence-electron chi connectivity index (χ1n) is 7.46. The highest BCUT2D eigenvalue weighted by Gasteiger charge is 2.17. The lowest BCUT2D eigenvalue weighted by atomic mass is 10.1. The smallest absolute Gasteiger partial charge is 0.275 e. The average molecular weight is 356 g/mol. The van der Waals surface area contributed by atoms with Crippen LogP contribution in [0.1, 0.15) is 30.0 Å². The van der Waals surface area contributed by atoms with Crippen molar-refractivity contribution in [3.05, 3.63) is 57.5 Å². The highest BCUT2D eigenvalue weighted by Crippen LogP contribution is 2.25. The van der Waals surface area contributed by atoms with E-state index in [0.29, 0.717) is 23.1 Å². The lowest BCUT2D eigenvalue weighted by Gasteiger charge is -2.18. The summed E-state index contributed by atoms with van der Waals surface area (Å²) in [5.41, 5.74) is 0.851. The molecule has 6 heteroatoms. The third-order valence-electron chi connectivity index (χ3n) is 3.54. The molecular weight excluding hydrogens is 335 g/mol. The summed E-state index contributed by atoms with van der Waals surface area (Å²) < 4.78 is 5.53. The molecule has 124 valence electrons. The number of hydrogen-bond donors (Lipinski definition) is 2. The molecule has 0 aliphatic carbocycles. The van der Waals surface area contributed by atoms with Crippen LogP contribution in [0, 0.1) is 6.92 Å². The van der Waals surface area contributed by atoms with Gasteiger partial charge in [0, 0.05) is 10.0 Å². The second kappa shape index (κ2) is 7.86. The number of halogens is 2. The Bertz CT molecular complexity index is 685. The molecule has 1 amide bonds. The normalized spacial score (nSPS) is 13.6. The number of carbonyl (C=O) groups excluding carboxylic acids is 1. The van der Waals surface area contributed by atoms with Gasteiger partial charge < -0.3 is 14.6 Å². The van der Waals surface area contributed by atoms with Crippen molar-refractivity contribution in [2.45, 2.75) is 26.4 Å². The average Bonchev–Trinajstić information content (AvgIpc) is 2.83. The largest absolute Gasteiger partial charge is 0.460 e. The standard InChI is InChI=1S/C17H20Cl2N2O2/c1-11-4-6-14(23-11)9-21(3)10-17(22)20-12(2)15-7-5-13(18)8-16(15)19/h4-8,12H,9-10H2,1-3H3,(H,20,22)/p+1/t12-/m1/s1. The molecule has 1 aromatic carbocycles. The molecule has 0 fully saturated rings. The van der Waals surface area contributed by atoms with E-state index in [4.69, 9.17) is 27.6 Å². The van der Waals surface area contributed by atoms with Crippen molar-refractivity contribution in [2.24, 2.45) is 0 Å². The molecule has 1 unspecified atom stereocenters. The van der Waals surface area contributed by atoms with Crippen molar-refractivity contribution in [1.82, 2.24) is 5.32 Å². The minimum Gasteiger partial charge on any atom is -0.460 e. The Labute approximate surface area is 146 Å². The monoisotopic (exact) mass is 355 g/mol. The Morgan fingerprint density at radius 3 is 2.65 bits per heavy atom. The van der Waals surface area contributed by atoms with Gasteiger partial charge in [-0.2, -0.15) is 0 Å². The summed E-state index contributed by atoms with van der Waals surface area (Å²) in [6, 6.07) is 8.96. The fourth-order valence-electron chi connectivity index (χ4n) is 2.44. The van der Waals surface area contributed by atoms with Crippen LogP contribution in [0.25, 0.3) is 0 Å². The first-order valence-corrected chi connectivity index (χ1v) is 8.21. The molecule has 0 spiro atoms. The molecule has 2 rings (SSSR count). The van der Waals surface area contributed by atoms with E-state index in [2.05, 4.69) is 5.32 Å². The van der Waals surface area contributed by atoms with Crippen LogP contribution in [-0.4, -0.2) is 19.5 Å². The minimum absolute atomic E-state index is 0.0377. The van der Waals surface area contributed by atoms with Crippen molar-refractivity contribution < 1.29 is 14.1 Å². The van der Waals surface area contributed by atoms with E-state index in [1.54, 1.807) is 12.1 Å². The van der Waals surface area contributed by atoms with Gasteiger partial charge in [-0.3, -0.25) is 4.79 Å². The lowest BCUT2D eigenvalue weighted by molar-refractivity contribution is -0.886. The molecule has 1 heterocycles. The van der Waals surface area contributed by atoms with E-state index in [0.717, 1.165) is 22.0 Å². The summed E-state index contributed by atoms with van der Waals surface area (Å²) in [7, 11) is 1.96. The van der Waals surface area contributed by atoms with Gasteiger partial charge in [-0.15, -0.1) is 0 Å². The number of furan rings is 1. The zero-order valence-electron chi connectivity index (χ0n) is 13.5. The third kappa shape index (κ3) is 5.27. The molecule has 2 aromatic rings. The van der Waals surface area contributed by atoms with Gasteiger partial charge in [-0.25, -0.2) is 0 Å². The van der Waals surface area contributed by atoms with E-state index in [1.165, 1.54) is 0 Å². The molecule has 0 saturated carbocycles. The molecule has 2 atom stereocenters. The number of amides is 1.